The first kappa shape index (κ1) is 22.0. The number of ether oxygens (including phenoxy) is 1. The average Bonchev–Trinajstić information content (AvgIpc) is 3.21. The van der Waals surface area contributed by atoms with E-state index in [0.29, 0.717) is 28.4 Å². The SMILES string of the molecule is CCn1c(=N)c(C(=O)Nc2sc3c(c2C(=O)OC)CCCC3)cc2c(=O)n3ccccc3nc21. The molecule has 1 aliphatic carbocycles. The third-order valence-corrected chi connectivity index (χ3v) is 7.37. The topological polar surface area (TPSA) is 119 Å². The van der Waals surface area contributed by atoms with Crippen LogP contribution in [-0.2, 0) is 24.1 Å². The summed E-state index contributed by atoms with van der Waals surface area (Å²) in [6.45, 7) is 2.18. The Balaban J connectivity index is 1.66. The second-order valence-corrected chi connectivity index (χ2v) is 9.20. The maximum atomic E-state index is 13.4. The third kappa shape index (κ3) is 3.41. The fourth-order valence-corrected chi connectivity index (χ4v) is 5.78. The molecule has 0 saturated carbocycles. The maximum absolute atomic E-state index is 13.4. The molecular weight excluding hydrogens is 454 g/mol. The minimum absolute atomic E-state index is 0.0336. The van der Waals surface area contributed by atoms with Gasteiger partial charge in [0.2, 0.25) is 0 Å². The number of hydrogen-bond donors (Lipinski definition) is 2. The van der Waals surface area contributed by atoms with Crippen molar-refractivity contribution in [1.82, 2.24) is 14.0 Å². The highest BCUT2D eigenvalue weighted by Crippen LogP contribution is 2.38. The molecule has 9 nitrogen and oxygen atoms in total. The molecule has 0 unspecified atom stereocenters. The van der Waals surface area contributed by atoms with Crippen LogP contribution in [0.2, 0.25) is 0 Å². The van der Waals surface area contributed by atoms with Gasteiger partial charge in [-0.15, -0.1) is 11.3 Å². The lowest BCUT2D eigenvalue weighted by Gasteiger charge is -2.13. The summed E-state index contributed by atoms with van der Waals surface area (Å²) in [6, 6.07) is 6.65. The van der Waals surface area contributed by atoms with Crippen molar-refractivity contribution in [3.63, 3.8) is 0 Å². The predicted octanol–water partition coefficient (Wildman–Crippen LogP) is 3.13. The van der Waals surface area contributed by atoms with Gasteiger partial charge in [-0.3, -0.25) is 19.4 Å². The zero-order valence-corrected chi connectivity index (χ0v) is 19.6. The number of nitrogens with zero attached hydrogens (tertiary/aromatic N) is 3. The molecule has 4 aromatic heterocycles. The molecule has 1 amide bonds. The monoisotopic (exact) mass is 477 g/mol. The van der Waals surface area contributed by atoms with Crippen molar-refractivity contribution in [2.75, 3.05) is 12.4 Å². The second-order valence-electron chi connectivity index (χ2n) is 8.09. The fraction of sp³-hybridized carbons (Fsp3) is 0.292. The highest BCUT2D eigenvalue weighted by atomic mass is 32.1. The molecule has 0 aliphatic heterocycles. The van der Waals surface area contributed by atoms with Crippen molar-refractivity contribution in [3.05, 3.63) is 67.9 Å². The fourth-order valence-electron chi connectivity index (χ4n) is 4.51. The van der Waals surface area contributed by atoms with Crippen LogP contribution in [0.3, 0.4) is 0 Å². The largest absolute Gasteiger partial charge is 0.465 e. The van der Waals surface area contributed by atoms with Gasteiger partial charge in [-0.2, -0.15) is 0 Å². The van der Waals surface area contributed by atoms with Gasteiger partial charge >= 0.3 is 5.97 Å². The summed E-state index contributed by atoms with van der Waals surface area (Å²) in [5, 5.41) is 12.2. The van der Waals surface area contributed by atoms with Crippen LogP contribution >= 0.6 is 11.3 Å². The van der Waals surface area contributed by atoms with E-state index in [4.69, 9.17) is 10.1 Å². The number of fused-ring (bicyclic) bond motifs is 3. The summed E-state index contributed by atoms with van der Waals surface area (Å²) in [5.41, 5.74) is 1.79. The number of rotatable bonds is 4. The molecule has 10 heteroatoms. The van der Waals surface area contributed by atoms with Crippen molar-refractivity contribution in [1.29, 1.82) is 5.41 Å². The lowest BCUT2D eigenvalue weighted by molar-refractivity contribution is 0.0601. The number of carbonyl (C=O) groups is 2. The summed E-state index contributed by atoms with van der Waals surface area (Å²) in [6.07, 6.45) is 5.24. The van der Waals surface area contributed by atoms with Crippen LogP contribution in [0.15, 0.2) is 35.3 Å². The normalized spacial score (nSPS) is 13.1. The molecule has 1 aliphatic rings. The van der Waals surface area contributed by atoms with Gasteiger partial charge in [0.1, 0.15) is 21.8 Å². The van der Waals surface area contributed by atoms with E-state index >= 15 is 0 Å². The van der Waals surface area contributed by atoms with Gasteiger partial charge in [-0.1, -0.05) is 6.07 Å². The molecule has 174 valence electrons. The Morgan fingerprint density at radius 1 is 1.26 bits per heavy atom. The number of pyridine rings is 2. The van der Waals surface area contributed by atoms with Gasteiger partial charge in [0.05, 0.1) is 23.6 Å². The van der Waals surface area contributed by atoms with Crippen molar-refractivity contribution in [2.45, 2.75) is 39.2 Å². The smallest absolute Gasteiger partial charge is 0.341 e. The van der Waals surface area contributed by atoms with E-state index in [-0.39, 0.29) is 22.0 Å². The number of amides is 1. The number of carbonyl (C=O) groups excluding carboxylic acids is 2. The van der Waals surface area contributed by atoms with Gasteiger partial charge in [0, 0.05) is 17.6 Å². The van der Waals surface area contributed by atoms with Gasteiger partial charge in [0.15, 0.2) is 0 Å². The van der Waals surface area contributed by atoms with Crippen LogP contribution in [0.4, 0.5) is 5.00 Å². The van der Waals surface area contributed by atoms with E-state index < -0.39 is 11.9 Å². The van der Waals surface area contributed by atoms with Gasteiger partial charge in [-0.05, 0) is 56.4 Å². The minimum Gasteiger partial charge on any atom is -0.465 e. The minimum atomic E-state index is -0.560. The lowest BCUT2D eigenvalue weighted by Crippen LogP contribution is -2.32. The zero-order valence-electron chi connectivity index (χ0n) is 18.8. The van der Waals surface area contributed by atoms with Crippen LogP contribution < -0.4 is 16.4 Å². The Kier molecular flexibility index (Phi) is 5.52. The summed E-state index contributed by atoms with van der Waals surface area (Å²) in [5.74, 6) is -1.05. The summed E-state index contributed by atoms with van der Waals surface area (Å²) < 4.78 is 7.94. The Hall–Kier alpha value is -3.79. The van der Waals surface area contributed by atoms with E-state index in [9.17, 15) is 14.4 Å². The Labute approximate surface area is 198 Å². The number of nitrogens with one attached hydrogen (secondary N) is 2. The Morgan fingerprint density at radius 3 is 2.82 bits per heavy atom. The summed E-state index contributed by atoms with van der Waals surface area (Å²) in [7, 11) is 1.32. The van der Waals surface area contributed by atoms with E-state index in [1.165, 1.54) is 28.9 Å². The van der Waals surface area contributed by atoms with Crippen LogP contribution in [0, 0.1) is 5.41 Å². The number of esters is 1. The van der Waals surface area contributed by atoms with Gasteiger partial charge in [0.25, 0.3) is 11.5 Å². The van der Waals surface area contributed by atoms with Gasteiger partial charge < -0.3 is 14.6 Å². The van der Waals surface area contributed by atoms with Crippen LogP contribution in [0.1, 0.15) is 50.9 Å². The van der Waals surface area contributed by atoms with Crippen LogP contribution in [-0.4, -0.2) is 32.9 Å². The first-order chi connectivity index (χ1) is 16.4. The summed E-state index contributed by atoms with van der Waals surface area (Å²) >= 11 is 1.37. The second kappa shape index (κ2) is 8.53. The number of aromatic nitrogens is 3. The van der Waals surface area contributed by atoms with Crippen molar-refractivity contribution < 1.29 is 14.3 Å². The average molecular weight is 478 g/mol. The predicted molar refractivity (Wildman–Crippen MR) is 129 cm³/mol. The number of aryl methyl sites for hydroxylation is 2. The molecule has 2 N–H and O–H groups in total. The maximum Gasteiger partial charge on any atom is 0.341 e. The molecule has 0 radical (unpaired) electrons. The van der Waals surface area contributed by atoms with Crippen molar-refractivity contribution in [2.24, 2.45) is 0 Å². The number of anilines is 1. The molecule has 34 heavy (non-hydrogen) atoms. The zero-order chi connectivity index (χ0) is 24.0. The Morgan fingerprint density at radius 2 is 2.06 bits per heavy atom. The summed E-state index contributed by atoms with van der Waals surface area (Å²) in [4.78, 5) is 44.7. The van der Waals surface area contributed by atoms with E-state index in [1.54, 1.807) is 29.0 Å². The van der Waals surface area contributed by atoms with Gasteiger partial charge in [-0.25, -0.2) is 9.78 Å². The van der Waals surface area contributed by atoms with E-state index in [1.807, 2.05) is 6.92 Å². The molecule has 4 heterocycles. The number of thiophene rings is 1. The lowest BCUT2D eigenvalue weighted by atomic mass is 9.95. The molecule has 0 fully saturated rings. The van der Waals surface area contributed by atoms with Crippen molar-refractivity contribution >= 4 is 44.9 Å². The molecule has 0 atom stereocenters. The third-order valence-electron chi connectivity index (χ3n) is 6.17. The molecule has 0 aromatic carbocycles. The molecule has 4 aromatic rings. The number of methoxy groups -OCH3 is 1. The first-order valence-corrected chi connectivity index (χ1v) is 11.9. The standard InChI is InChI=1S/C24H23N5O4S/c1-3-28-19(25)14(12-15-20(28)26-17-10-6-7-11-29(17)23(15)31)21(30)27-22-18(24(32)33-2)13-8-4-5-9-16(13)34-22/h6-7,10-12,25H,3-5,8-9H2,1-2H3,(H,27,30). The molecule has 0 saturated heterocycles. The van der Waals surface area contributed by atoms with Crippen LogP contribution in [0.5, 0.6) is 0 Å². The quantitative estimate of drug-likeness (QED) is 0.346. The van der Waals surface area contributed by atoms with E-state index in [0.717, 1.165) is 36.1 Å². The molecule has 5 rings (SSSR count). The van der Waals surface area contributed by atoms with E-state index in [2.05, 4.69) is 10.3 Å². The first-order valence-electron chi connectivity index (χ1n) is 11.1. The molecule has 0 bridgehead atoms. The van der Waals surface area contributed by atoms with Crippen LogP contribution in [0.25, 0.3) is 16.7 Å². The highest BCUT2D eigenvalue weighted by molar-refractivity contribution is 7.17. The highest BCUT2D eigenvalue weighted by Gasteiger charge is 2.28. The molecular formula is C24H23N5O4S. The Bertz CT molecular complexity index is 1600. The van der Waals surface area contributed by atoms with Crippen molar-refractivity contribution in [3.8, 4) is 0 Å². The molecule has 0 spiro atoms. The number of hydrogen-bond acceptors (Lipinski definition) is 7.